The van der Waals surface area contributed by atoms with E-state index in [0.717, 1.165) is 36.1 Å². The Morgan fingerprint density at radius 1 is 1.13 bits per heavy atom. The third-order valence-corrected chi connectivity index (χ3v) is 5.47. The zero-order valence-corrected chi connectivity index (χ0v) is 18.0. The lowest BCUT2D eigenvalue weighted by Gasteiger charge is -2.23. The highest BCUT2D eigenvalue weighted by Gasteiger charge is 2.26. The molecule has 0 aliphatic carbocycles. The molecule has 0 radical (unpaired) electrons. The lowest BCUT2D eigenvalue weighted by molar-refractivity contribution is -0.124. The number of halogens is 1. The number of para-hydroxylation sites is 2. The number of nitrogens with zero attached hydrogens (tertiary/aromatic N) is 1. The summed E-state index contributed by atoms with van der Waals surface area (Å²) in [6.45, 7) is 4.47. The van der Waals surface area contributed by atoms with Crippen LogP contribution < -0.4 is 10.6 Å². The van der Waals surface area contributed by atoms with E-state index in [1.54, 1.807) is 24.3 Å². The number of imidazole rings is 1. The summed E-state index contributed by atoms with van der Waals surface area (Å²) in [5, 5.41) is 6.38. The second kappa shape index (κ2) is 10.3. The number of carbonyl (C=O) groups excluding carboxylic acids is 2. The molecular formula is C23H27ClN4O2. The fourth-order valence-electron chi connectivity index (χ4n) is 3.23. The van der Waals surface area contributed by atoms with Gasteiger partial charge < -0.3 is 15.6 Å². The minimum atomic E-state index is -0.593. The van der Waals surface area contributed by atoms with E-state index in [4.69, 9.17) is 11.6 Å². The number of hydrogen-bond acceptors (Lipinski definition) is 3. The molecule has 0 saturated heterocycles. The molecular weight excluding hydrogens is 400 g/mol. The van der Waals surface area contributed by atoms with Gasteiger partial charge in [0.2, 0.25) is 5.91 Å². The van der Waals surface area contributed by atoms with E-state index in [2.05, 4.69) is 20.6 Å². The Morgan fingerprint density at radius 3 is 2.57 bits per heavy atom. The molecule has 0 bridgehead atoms. The Kier molecular flexibility index (Phi) is 7.46. The van der Waals surface area contributed by atoms with E-state index in [0.29, 0.717) is 17.1 Å². The maximum absolute atomic E-state index is 12.7. The third-order valence-electron chi connectivity index (χ3n) is 5.22. The first kappa shape index (κ1) is 21.8. The van der Waals surface area contributed by atoms with Crippen molar-refractivity contribution in [2.75, 3.05) is 6.54 Å². The highest BCUT2D eigenvalue weighted by molar-refractivity contribution is 6.30. The van der Waals surface area contributed by atoms with E-state index in [1.807, 2.05) is 38.1 Å². The highest BCUT2D eigenvalue weighted by atomic mass is 35.5. The second-order valence-electron chi connectivity index (χ2n) is 7.44. The number of aryl methyl sites for hydroxylation is 1. The summed E-state index contributed by atoms with van der Waals surface area (Å²) in [5.74, 6) is 0.460. The normalized spacial score (nSPS) is 13.0. The van der Waals surface area contributed by atoms with Gasteiger partial charge in [0.1, 0.15) is 11.9 Å². The van der Waals surface area contributed by atoms with Crippen molar-refractivity contribution in [3.8, 4) is 0 Å². The zero-order valence-electron chi connectivity index (χ0n) is 17.2. The predicted octanol–water partition coefficient (Wildman–Crippen LogP) is 4.11. The van der Waals surface area contributed by atoms with Crippen molar-refractivity contribution in [3.05, 3.63) is 64.9 Å². The molecule has 2 unspecified atom stereocenters. The number of rotatable bonds is 9. The Bertz CT molecular complexity index is 967. The van der Waals surface area contributed by atoms with E-state index in [1.165, 1.54) is 0 Å². The third kappa shape index (κ3) is 5.60. The fraction of sp³-hybridized carbons (Fsp3) is 0.348. The molecule has 2 atom stereocenters. The van der Waals surface area contributed by atoms with Gasteiger partial charge in [-0.15, -0.1) is 0 Å². The average Bonchev–Trinajstić information content (AvgIpc) is 3.17. The molecule has 2 amide bonds. The highest BCUT2D eigenvalue weighted by Crippen LogP contribution is 2.13. The van der Waals surface area contributed by atoms with Gasteiger partial charge in [0, 0.05) is 23.6 Å². The molecule has 3 rings (SSSR count). The number of hydrogen-bond donors (Lipinski definition) is 3. The summed E-state index contributed by atoms with van der Waals surface area (Å²) in [5.41, 5.74) is 2.43. The molecule has 3 aromatic rings. The van der Waals surface area contributed by atoms with E-state index in [9.17, 15) is 9.59 Å². The van der Waals surface area contributed by atoms with Crippen LogP contribution in [0.5, 0.6) is 0 Å². The molecule has 0 aliphatic heterocycles. The number of benzene rings is 2. The summed E-state index contributed by atoms with van der Waals surface area (Å²) in [6, 6.07) is 13.9. The largest absolute Gasteiger partial charge is 0.354 e. The molecule has 158 valence electrons. The first-order valence-electron chi connectivity index (χ1n) is 10.3. The zero-order chi connectivity index (χ0) is 21.5. The summed E-state index contributed by atoms with van der Waals surface area (Å²) in [7, 11) is 0. The maximum atomic E-state index is 12.7. The number of aromatic nitrogens is 2. The van der Waals surface area contributed by atoms with Crippen LogP contribution in [0.4, 0.5) is 0 Å². The van der Waals surface area contributed by atoms with Gasteiger partial charge in [-0.1, -0.05) is 44.0 Å². The van der Waals surface area contributed by atoms with Crippen molar-refractivity contribution >= 4 is 34.4 Å². The number of carbonyl (C=O) groups is 2. The lowest BCUT2D eigenvalue weighted by atomic mass is 9.97. The quantitative estimate of drug-likeness (QED) is 0.450. The molecule has 0 saturated carbocycles. The number of aromatic amines is 1. The first-order chi connectivity index (χ1) is 14.5. The summed E-state index contributed by atoms with van der Waals surface area (Å²) >= 11 is 5.88. The SMILES string of the molecule is CCC(C)C(NC(=O)c1ccc(Cl)cc1)C(=O)NCCCc1nc2ccccc2[nH]1. The van der Waals surface area contributed by atoms with Crippen molar-refractivity contribution in [2.24, 2.45) is 5.92 Å². The van der Waals surface area contributed by atoms with Crippen LogP contribution in [0.15, 0.2) is 48.5 Å². The average molecular weight is 427 g/mol. The van der Waals surface area contributed by atoms with Crippen LogP contribution in [0, 0.1) is 5.92 Å². The molecule has 0 spiro atoms. The topological polar surface area (TPSA) is 86.9 Å². The van der Waals surface area contributed by atoms with Crippen molar-refractivity contribution < 1.29 is 9.59 Å². The Morgan fingerprint density at radius 2 is 1.87 bits per heavy atom. The van der Waals surface area contributed by atoms with Gasteiger partial charge in [-0.3, -0.25) is 9.59 Å². The molecule has 0 fully saturated rings. The maximum Gasteiger partial charge on any atom is 0.251 e. The van der Waals surface area contributed by atoms with Gasteiger partial charge in [0.15, 0.2) is 0 Å². The van der Waals surface area contributed by atoms with Crippen LogP contribution in [0.1, 0.15) is 42.9 Å². The van der Waals surface area contributed by atoms with Gasteiger partial charge in [0.05, 0.1) is 11.0 Å². The Hall–Kier alpha value is -2.86. The molecule has 1 heterocycles. The molecule has 0 aliphatic rings. The van der Waals surface area contributed by atoms with Crippen molar-refractivity contribution in [1.82, 2.24) is 20.6 Å². The standard InChI is InChI=1S/C23H27ClN4O2/c1-3-15(2)21(28-22(29)16-10-12-17(24)13-11-16)23(30)25-14-6-9-20-26-18-7-4-5-8-19(18)27-20/h4-5,7-8,10-13,15,21H,3,6,9,14H2,1-2H3,(H,25,30)(H,26,27)(H,28,29). The van der Waals surface area contributed by atoms with Gasteiger partial charge in [0.25, 0.3) is 5.91 Å². The van der Waals surface area contributed by atoms with Crippen LogP contribution in [0.25, 0.3) is 11.0 Å². The van der Waals surface area contributed by atoms with Crippen molar-refractivity contribution in [2.45, 2.75) is 39.2 Å². The molecule has 6 nitrogen and oxygen atoms in total. The van der Waals surface area contributed by atoms with Gasteiger partial charge in [-0.2, -0.15) is 0 Å². The van der Waals surface area contributed by atoms with Crippen LogP contribution in [-0.4, -0.2) is 34.4 Å². The van der Waals surface area contributed by atoms with Crippen molar-refractivity contribution in [1.29, 1.82) is 0 Å². The van der Waals surface area contributed by atoms with Crippen LogP contribution in [0.3, 0.4) is 0 Å². The number of H-pyrrole nitrogens is 1. The second-order valence-corrected chi connectivity index (χ2v) is 7.88. The monoisotopic (exact) mass is 426 g/mol. The molecule has 2 aromatic carbocycles. The van der Waals surface area contributed by atoms with E-state index in [-0.39, 0.29) is 17.7 Å². The molecule has 3 N–H and O–H groups in total. The molecule has 30 heavy (non-hydrogen) atoms. The Labute approximate surface area is 181 Å². The van der Waals surface area contributed by atoms with Crippen LogP contribution >= 0.6 is 11.6 Å². The summed E-state index contributed by atoms with van der Waals surface area (Å²) in [4.78, 5) is 33.1. The van der Waals surface area contributed by atoms with Crippen LogP contribution in [-0.2, 0) is 11.2 Å². The number of nitrogens with one attached hydrogen (secondary N) is 3. The summed E-state index contributed by atoms with van der Waals surface area (Å²) in [6.07, 6.45) is 2.27. The predicted molar refractivity (Wildman–Crippen MR) is 120 cm³/mol. The minimum absolute atomic E-state index is 0.0108. The number of amides is 2. The first-order valence-corrected chi connectivity index (χ1v) is 10.6. The van der Waals surface area contributed by atoms with Crippen LogP contribution in [0.2, 0.25) is 5.02 Å². The molecule has 7 heteroatoms. The lowest BCUT2D eigenvalue weighted by Crippen LogP contribution is -2.50. The van der Waals surface area contributed by atoms with Gasteiger partial charge >= 0.3 is 0 Å². The van der Waals surface area contributed by atoms with Crippen molar-refractivity contribution in [3.63, 3.8) is 0 Å². The van der Waals surface area contributed by atoms with Gasteiger partial charge in [-0.25, -0.2) is 4.98 Å². The molecule has 1 aromatic heterocycles. The van der Waals surface area contributed by atoms with E-state index < -0.39 is 6.04 Å². The van der Waals surface area contributed by atoms with E-state index >= 15 is 0 Å². The fourth-order valence-corrected chi connectivity index (χ4v) is 3.36. The number of fused-ring (bicyclic) bond motifs is 1. The summed E-state index contributed by atoms with van der Waals surface area (Å²) < 4.78 is 0. The van der Waals surface area contributed by atoms with Gasteiger partial charge in [-0.05, 0) is 48.7 Å². The minimum Gasteiger partial charge on any atom is -0.354 e. The Balaban J connectivity index is 1.52. The smallest absolute Gasteiger partial charge is 0.251 e.